The topological polar surface area (TPSA) is 107 Å². The lowest BCUT2D eigenvalue weighted by Crippen LogP contribution is -2.50. The van der Waals surface area contributed by atoms with E-state index in [1.54, 1.807) is 25.3 Å². The molecule has 0 aliphatic heterocycles. The number of rotatable bonds is 12. The molecule has 8 nitrogen and oxygen atoms in total. The molecule has 2 N–H and O–H groups in total. The first-order valence-electron chi connectivity index (χ1n) is 13.4. The molecule has 0 radical (unpaired) electrons. The number of carbonyl (C=O) groups is 2. The summed E-state index contributed by atoms with van der Waals surface area (Å²) < 4.78 is 17.9. The molecule has 9 heteroatoms. The van der Waals surface area contributed by atoms with Gasteiger partial charge in [-0.15, -0.1) is 0 Å². The predicted octanol–water partition coefficient (Wildman–Crippen LogP) is 6.74. The SMILES string of the molecule is C[C@@H]([C@H](NC(=O)OCc1ccccc1)C(=O)O)[C@H](O[Si](C)(C)C(C)(C)C)c1ccc(OCc2ccccc2)cn1. The normalized spacial score (nSPS) is 14.1. The molecule has 1 aromatic heterocycles. The molecule has 2 aromatic carbocycles. The first kappa shape index (κ1) is 30.8. The number of pyridine rings is 1. The van der Waals surface area contributed by atoms with Gasteiger partial charge in [-0.3, -0.25) is 4.98 Å². The third kappa shape index (κ3) is 8.66. The van der Waals surface area contributed by atoms with E-state index in [-0.39, 0.29) is 11.6 Å². The fraction of sp³-hybridized carbons (Fsp3) is 0.387. The van der Waals surface area contributed by atoms with E-state index in [0.717, 1.165) is 11.1 Å². The summed E-state index contributed by atoms with van der Waals surface area (Å²) >= 11 is 0. The van der Waals surface area contributed by atoms with Gasteiger partial charge in [0.15, 0.2) is 8.32 Å². The van der Waals surface area contributed by atoms with Gasteiger partial charge in [0.25, 0.3) is 0 Å². The number of nitrogens with one attached hydrogen (secondary N) is 1. The molecule has 3 aromatic rings. The summed E-state index contributed by atoms with van der Waals surface area (Å²) in [5, 5.41) is 12.5. The number of benzene rings is 2. The van der Waals surface area contributed by atoms with Crippen LogP contribution in [0.15, 0.2) is 79.0 Å². The van der Waals surface area contributed by atoms with E-state index in [1.165, 1.54) is 0 Å². The number of alkyl carbamates (subject to hydrolysis) is 1. The lowest BCUT2D eigenvalue weighted by Gasteiger charge is -2.41. The molecule has 40 heavy (non-hydrogen) atoms. The molecule has 1 amide bonds. The van der Waals surface area contributed by atoms with E-state index in [4.69, 9.17) is 13.9 Å². The molecular formula is C31H40N2O6Si. The van der Waals surface area contributed by atoms with Crippen molar-refractivity contribution in [1.29, 1.82) is 0 Å². The Balaban J connectivity index is 1.80. The van der Waals surface area contributed by atoms with Crippen LogP contribution in [0.2, 0.25) is 18.1 Å². The number of aromatic nitrogens is 1. The van der Waals surface area contributed by atoms with Gasteiger partial charge in [-0.1, -0.05) is 88.4 Å². The minimum Gasteiger partial charge on any atom is -0.487 e. The van der Waals surface area contributed by atoms with Crippen LogP contribution in [0, 0.1) is 5.92 Å². The highest BCUT2D eigenvalue weighted by Crippen LogP contribution is 2.42. The smallest absolute Gasteiger partial charge is 0.408 e. The van der Waals surface area contributed by atoms with Crippen LogP contribution in [0.4, 0.5) is 4.79 Å². The molecule has 214 valence electrons. The molecule has 0 aliphatic carbocycles. The van der Waals surface area contributed by atoms with Crippen LogP contribution in [0.5, 0.6) is 5.75 Å². The summed E-state index contributed by atoms with van der Waals surface area (Å²) in [5.41, 5.74) is 2.40. The van der Waals surface area contributed by atoms with Gasteiger partial charge in [0.2, 0.25) is 0 Å². The van der Waals surface area contributed by atoms with Gasteiger partial charge in [-0.25, -0.2) is 9.59 Å². The van der Waals surface area contributed by atoms with Crippen molar-refractivity contribution in [3.05, 3.63) is 95.8 Å². The van der Waals surface area contributed by atoms with Gasteiger partial charge < -0.3 is 24.3 Å². The summed E-state index contributed by atoms with van der Waals surface area (Å²) in [6.45, 7) is 12.7. The van der Waals surface area contributed by atoms with Crippen molar-refractivity contribution in [2.45, 2.75) is 71.2 Å². The highest BCUT2D eigenvalue weighted by molar-refractivity contribution is 6.74. The zero-order valence-corrected chi connectivity index (χ0v) is 25.1. The molecule has 0 unspecified atom stereocenters. The van der Waals surface area contributed by atoms with E-state index in [0.29, 0.717) is 18.1 Å². The van der Waals surface area contributed by atoms with Crippen LogP contribution in [0.1, 0.15) is 50.6 Å². The van der Waals surface area contributed by atoms with Gasteiger partial charge in [-0.2, -0.15) is 0 Å². The van der Waals surface area contributed by atoms with E-state index in [9.17, 15) is 14.7 Å². The molecule has 0 spiro atoms. The van der Waals surface area contributed by atoms with Crippen LogP contribution in [-0.4, -0.2) is 36.5 Å². The number of ether oxygens (including phenoxy) is 2. The molecule has 0 saturated heterocycles. The van der Waals surface area contributed by atoms with Crippen molar-refractivity contribution < 1.29 is 28.6 Å². The van der Waals surface area contributed by atoms with Gasteiger partial charge in [0.1, 0.15) is 25.0 Å². The van der Waals surface area contributed by atoms with E-state index >= 15 is 0 Å². The Hall–Kier alpha value is -3.69. The second-order valence-corrected chi connectivity index (χ2v) is 16.1. The Morgan fingerprint density at radius 3 is 2.00 bits per heavy atom. The van der Waals surface area contributed by atoms with Crippen LogP contribution in [0.25, 0.3) is 0 Å². The molecule has 0 aliphatic rings. The second kappa shape index (κ2) is 13.6. The molecule has 0 fully saturated rings. The maximum Gasteiger partial charge on any atom is 0.408 e. The standard InChI is InChI=1S/C31H40N2O6Si/c1-22(27(29(34)35)33-30(36)38-21-24-15-11-8-12-16-24)28(39-40(5,6)31(2,3)4)26-18-17-25(19-32-26)37-20-23-13-9-7-10-14-23/h7-19,22,27-28H,20-21H2,1-6H3,(H,33,36)(H,34,35)/t22-,27-,28-/m0/s1. The summed E-state index contributed by atoms with van der Waals surface area (Å²) in [4.78, 5) is 29.6. The van der Waals surface area contributed by atoms with Crippen molar-refractivity contribution in [3.8, 4) is 5.75 Å². The summed E-state index contributed by atoms with van der Waals surface area (Å²) in [6, 6.07) is 21.3. The van der Waals surface area contributed by atoms with Crippen molar-refractivity contribution in [3.63, 3.8) is 0 Å². The van der Waals surface area contributed by atoms with Crippen LogP contribution in [-0.2, 0) is 27.2 Å². The van der Waals surface area contributed by atoms with E-state index in [2.05, 4.69) is 44.2 Å². The minimum absolute atomic E-state index is 0.0310. The number of amides is 1. The Labute approximate surface area is 237 Å². The third-order valence-corrected chi connectivity index (χ3v) is 11.7. The fourth-order valence-corrected chi connectivity index (χ4v) is 5.13. The minimum atomic E-state index is -2.37. The average molecular weight is 565 g/mol. The number of aliphatic carboxylic acids is 1. The van der Waals surface area contributed by atoms with Gasteiger partial charge >= 0.3 is 12.1 Å². The zero-order valence-electron chi connectivity index (χ0n) is 24.1. The Kier molecular flexibility index (Phi) is 10.5. The molecular weight excluding hydrogens is 524 g/mol. The number of carbonyl (C=O) groups excluding carboxylic acids is 1. The Morgan fingerprint density at radius 2 is 1.50 bits per heavy atom. The van der Waals surface area contributed by atoms with Crippen molar-refractivity contribution >= 4 is 20.4 Å². The molecule has 0 saturated carbocycles. The number of nitrogens with zero attached hydrogens (tertiary/aromatic N) is 1. The van der Waals surface area contributed by atoms with Crippen LogP contribution in [0.3, 0.4) is 0 Å². The highest BCUT2D eigenvalue weighted by Gasteiger charge is 2.43. The zero-order chi connectivity index (χ0) is 29.3. The Bertz CT molecular complexity index is 1230. The lowest BCUT2D eigenvalue weighted by atomic mass is 9.93. The monoisotopic (exact) mass is 564 g/mol. The quantitative estimate of drug-likeness (QED) is 0.235. The van der Waals surface area contributed by atoms with Crippen molar-refractivity contribution in [2.24, 2.45) is 5.92 Å². The number of carboxylic acid groups (broad SMARTS) is 1. The lowest BCUT2D eigenvalue weighted by molar-refractivity contribution is -0.142. The molecule has 3 atom stereocenters. The van der Waals surface area contributed by atoms with Crippen LogP contribution < -0.4 is 10.1 Å². The van der Waals surface area contributed by atoms with Crippen molar-refractivity contribution in [2.75, 3.05) is 0 Å². The summed E-state index contributed by atoms with van der Waals surface area (Å²) in [6.07, 6.45) is 0.107. The number of hydrogen-bond acceptors (Lipinski definition) is 6. The van der Waals surface area contributed by atoms with Crippen molar-refractivity contribution in [1.82, 2.24) is 10.3 Å². The molecule has 0 bridgehead atoms. The highest BCUT2D eigenvalue weighted by atomic mass is 28.4. The maximum atomic E-state index is 12.6. The van der Waals surface area contributed by atoms with Gasteiger partial charge in [0, 0.05) is 5.92 Å². The third-order valence-electron chi connectivity index (χ3n) is 7.28. The first-order chi connectivity index (χ1) is 18.9. The second-order valence-electron chi connectivity index (χ2n) is 11.4. The molecule has 1 heterocycles. The predicted molar refractivity (Wildman–Crippen MR) is 156 cm³/mol. The fourth-order valence-electron chi connectivity index (χ4n) is 3.80. The molecule has 3 rings (SSSR count). The maximum absolute atomic E-state index is 12.6. The van der Waals surface area contributed by atoms with Gasteiger partial charge in [0.05, 0.1) is 18.0 Å². The van der Waals surface area contributed by atoms with Crippen LogP contribution >= 0.6 is 0 Å². The van der Waals surface area contributed by atoms with E-state index < -0.39 is 38.4 Å². The number of hydrogen-bond donors (Lipinski definition) is 2. The number of carboxylic acids is 1. The largest absolute Gasteiger partial charge is 0.487 e. The summed E-state index contributed by atoms with van der Waals surface area (Å²) in [7, 11) is -2.37. The summed E-state index contributed by atoms with van der Waals surface area (Å²) in [5.74, 6) is -1.26. The average Bonchev–Trinajstić information content (AvgIpc) is 2.93. The van der Waals surface area contributed by atoms with E-state index in [1.807, 2.05) is 60.7 Å². The van der Waals surface area contributed by atoms with Gasteiger partial charge in [-0.05, 0) is 41.4 Å². The Morgan fingerprint density at radius 1 is 0.925 bits per heavy atom. The first-order valence-corrected chi connectivity index (χ1v) is 16.3.